The van der Waals surface area contributed by atoms with E-state index < -0.39 is 0 Å². The molecule has 1 N–H and O–H groups in total. The van der Waals surface area contributed by atoms with Crippen LogP contribution >= 0.6 is 0 Å². The molecule has 26 heavy (non-hydrogen) atoms. The number of ether oxygens (including phenoxy) is 2. The number of rotatable bonds is 6. The van der Waals surface area contributed by atoms with Crippen molar-refractivity contribution in [3.05, 3.63) is 54.4 Å². The van der Waals surface area contributed by atoms with Gasteiger partial charge in [0.05, 0.1) is 20.6 Å². The lowest BCUT2D eigenvalue weighted by molar-refractivity contribution is -0.115. The van der Waals surface area contributed by atoms with Crippen molar-refractivity contribution in [2.45, 2.75) is 6.42 Å². The maximum atomic E-state index is 12.4. The summed E-state index contributed by atoms with van der Waals surface area (Å²) in [6, 6.07) is 12.8. The normalized spacial score (nSPS) is 10.4. The van der Waals surface area contributed by atoms with Crippen molar-refractivity contribution < 1.29 is 14.3 Å². The number of carbonyl (C=O) groups excluding carboxylic acids is 1. The average Bonchev–Trinajstić information content (AvgIpc) is 3.09. The van der Waals surface area contributed by atoms with Crippen LogP contribution in [0.1, 0.15) is 5.56 Å². The molecule has 7 nitrogen and oxygen atoms in total. The zero-order chi connectivity index (χ0) is 18.5. The lowest BCUT2D eigenvalue weighted by Gasteiger charge is -2.13. The number of aryl methyl sites for hydroxylation is 1. The van der Waals surface area contributed by atoms with Crippen LogP contribution in [-0.4, -0.2) is 34.9 Å². The lowest BCUT2D eigenvalue weighted by Crippen LogP contribution is -2.15. The monoisotopic (exact) mass is 352 g/mol. The molecular weight excluding hydrogens is 332 g/mol. The number of nitrogens with one attached hydrogen (secondary N) is 1. The summed E-state index contributed by atoms with van der Waals surface area (Å²) >= 11 is 0. The first-order chi connectivity index (χ1) is 12.6. The van der Waals surface area contributed by atoms with Crippen molar-refractivity contribution in [2.24, 2.45) is 7.05 Å². The number of carbonyl (C=O) groups is 1. The van der Waals surface area contributed by atoms with Crippen molar-refractivity contribution >= 4 is 11.6 Å². The number of nitrogens with zero attached hydrogens (tertiary/aromatic N) is 3. The molecule has 0 aliphatic carbocycles. The second-order valence-electron chi connectivity index (χ2n) is 5.69. The molecule has 0 saturated heterocycles. The van der Waals surface area contributed by atoms with E-state index in [-0.39, 0.29) is 12.3 Å². The third-order valence-electron chi connectivity index (χ3n) is 3.89. The van der Waals surface area contributed by atoms with Gasteiger partial charge in [0.25, 0.3) is 0 Å². The molecule has 1 heterocycles. The number of methoxy groups -OCH3 is 2. The van der Waals surface area contributed by atoms with Crippen molar-refractivity contribution in [3.8, 4) is 22.9 Å². The first kappa shape index (κ1) is 17.5. The smallest absolute Gasteiger partial charge is 0.229 e. The lowest BCUT2D eigenvalue weighted by atomic mass is 10.1. The molecule has 0 bridgehead atoms. The topological polar surface area (TPSA) is 78.3 Å². The van der Waals surface area contributed by atoms with E-state index in [2.05, 4.69) is 15.4 Å². The van der Waals surface area contributed by atoms with Gasteiger partial charge in [0, 0.05) is 23.9 Å². The van der Waals surface area contributed by atoms with Crippen molar-refractivity contribution in [2.75, 3.05) is 19.5 Å². The van der Waals surface area contributed by atoms with E-state index in [9.17, 15) is 4.79 Å². The van der Waals surface area contributed by atoms with E-state index in [0.717, 1.165) is 5.56 Å². The molecule has 3 rings (SSSR count). The van der Waals surface area contributed by atoms with E-state index in [1.54, 1.807) is 37.4 Å². The third-order valence-corrected chi connectivity index (χ3v) is 3.89. The van der Waals surface area contributed by atoms with Gasteiger partial charge in [-0.3, -0.25) is 9.48 Å². The highest BCUT2D eigenvalue weighted by atomic mass is 16.5. The maximum Gasteiger partial charge on any atom is 0.229 e. The van der Waals surface area contributed by atoms with Gasteiger partial charge in [-0.1, -0.05) is 6.07 Å². The van der Waals surface area contributed by atoms with Gasteiger partial charge in [-0.25, -0.2) is 4.98 Å². The van der Waals surface area contributed by atoms with Gasteiger partial charge in [-0.2, -0.15) is 5.10 Å². The van der Waals surface area contributed by atoms with Crippen LogP contribution in [0.2, 0.25) is 0 Å². The molecule has 2 aromatic carbocycles. The summed E-state index contributed by atoms with van der Waals surface area (Å²) in [5.74, 6) is 1.73. The molecule has 0 radical (unpaired) electrons. The fourth-order valence-corrected chi connectivity index (χ4v) is 2.64. The van der Waals surface area contributed by atoms with Crippen LogP contribution in [0.25, 0.3) is 11.4 Å². The number of hydrogen-bond acceptors (Lipinski definition) is 5. The molecule has 0 saturated carbocycles. The summed E-state index contributed by atoms with van der Waals surface area (Å²) in [6.07, 6.45) is 1.79. The minimum atomic E-state index is -0.156. The Labute approximate surface area is 151 Å². The Bertz CT molecular complexity index is 881. The minimum Gasteiger partial charge on any atom is -0.496 e. The molecule has 0 atom stereocenters. The van der Waals surface area contributed by atoms with E-state index in [0.29, 0.717) is 28.6 Å². The SMILES string of the molecule is COc1cccc(OC)c1CC(=O)Nc1ccc(-c2ncn(C)n2)cc1. The fraction of sp³-hybridized carbons (Fsp3) is 0.211. The Kier molecular flexibility index (Phi) is 5.17. The molecule has 0 fully saturated rings. The Balaban J connectivity index is 1.71. The molecule has 0 spiro atoms. The Morgan fingerprint density at radius 1 is 1.08 bits per heavy atom. The number of anilines is 1. The molecule has 0 aliphatic heterocycles. The van der Waals surface area contributed by atoms with Gasteiger partial charge in [0.15, 0.2) is 5.82 Å². The number of benzene rings is 2. The zero-order valence-corrected chi connectivity index (χ0v) is 14.9. The number of aromatic nitrogens is 3. The average molecular weight is 352 g/mol. The quantitative estimate of drug-likeness (QED) is 0.738. The van der Waals surface area contributed by atoms with E-state index in [4.69, 9.17) is 9.47 Å². The van der Waals surface area contributed by atoms with Gasteiger partial charge in [-0.05, 0) is 36.4 Å². The van der Waals surface area contributed by atoms with E-state index in [1.807, 2.05) is 37.4 Å². The summed E-state index contributed by atoms with van der Waals surface area (Å²) < 4.78 is 12.3. The Hall–Kier alpha value is -3.35. The Morgan fingerprint density at radius 2 is 1.73 bits per heavy atom. The molecule has 0 aliphatic rings. The van der Waals surface area contributed by atoms with Crippen LogP contribution in [0.5, 0.6) is 11.5 Å². The summed E-state index contributed by atoms with van der Waals surface area (Å²) in [7, 11) is 4.96. The summed E-state index contributed by atoms with van der Waals surface area (Å²) in [5.41, 5.74) is 2.29. The summed E-state index contributed by atoms with van der Waals surface area (Å²) in [6.45, 7) is 0. The largest absolute Gasteiger partial charge is 0.496 e. The van der Waals surface area contributed by atoms with Crippen LogP contribution in [0, 0.1) is 0 Å². The number of hydrogen-bond donors (Lipinski definition) is 1. The van der Waals surface area contributed by atoms with Crippen molar-refractivity contribution in [1.82, 2.24) is 14.8 Å². The summed E-state index contributed by atoms with van der Waals surface area (Å²) in [5, 5.41) is 7.14. The first-order valence-electron chi connectivity index (χ1n) is 8.06. The van der Waals surface area contributed by atoms with Gasteiger partial charge >= 0.3 is 0 Å². The van der Waals surface area contributed by atoms with Crippen LogP contribution in [-0.2, 0) is 18.3 Å². The molecule has 1 amide bonds. The van der Waals surface area contributed by atoms with Gasteiger partial charge < -0.3 is 14.8 Å². The minimum absolute atomic E-state index is 0.150. The van der Waals surface area contributed by atoms with Crippen LogP contribution < -0.4 is 14.8 Å². The molecule has 134 valence electrons. The van der Waals surface area contributed by atoms with E-state index in [1.165, 1.54) is 0 Å². The molecule has 0 unspecified atom stereocenters. The van der Waals surface area contributed by atoms with Crippen molar-refractivity contribution in [3.63, 3.8) is 0 Å². The summed E-state index contributed by atoms with van der Waals surface area (Å²) in [4.78, 5) is 16.6. The predicted molar refractivity (Wildman–Crippen MR) is 98.3 cm³/mol. The first-order valence-corrected chi connectivity index (χ1v) is 8.06. The number of amides is 1. The van der Waals surface area contributed by atoms with Gasteiger partial charge in [0.2, 0.25) is 5.91 Å². The fourth-order valence-electron chi connectivity index (χ4n) is 2.64. The second-order valence-corrected chi connectivity index (χ2v) is 5.69. The third kappa shape index (κ3) is 3.83. The zero-order valence-electron chi connectivity index (χ0n) is 14.9. The van der Waals surface area contributed by atoms with Gasteiger partial charge in [-0.15, -0.1) is 0 Å². The molecular formula is C19H20N4O3. The van der Waals surface area contributed by atoms with Crippen LogP contribution in [0.15, 0.2) is 48.8 Å². The highest BCUT2D eigenvalue weighted by Crippen LogP contribution is 2.29. The van der Waals surface area contributed by atoms with Crippen LogP contribution in [0.3, 0.4) is 0 Å². The van der Waals surface area contributed by atoms with Crippen molar-refractivity contribution in [1.29, 1.82) is 0 Å². The Morgan fingerprint density at radius 3 is 2.27 bits per heavy atom. The maximum absolute atomic E-state index is 12.4. The molecule has 1 aromatic heterocycles. The molecule has 3 aromatic rings. The highest BCUT2D eigenvalue weighted by molar-refractivity contribution is 5.93. The highest BCUT2D eigenvalue weighted by Gasteiger charge is 2.14. The van der Waals surface area contributed by atoms with Crippen LogP contribution in [0.4, 0.5) is 5.69 Å². The standard InChI is InChI=1S/C19H20N4O3/c1-23-12-20-19(22-23)13-7-9-14(10-8-13)21-18(24)11-15-16(25-2)5-4-6-17(15)26-3/h4-10,12H,11H2,1-3H3,(H,21,24). The van der Waals surface area contributed by atoms with Gasteiger partial charge in [0.1, 0.15) is 17.8 Å². The molecule has 7 heteroatoms. The van der Waals surface area contributed by atoms with E-state index >= 15 is 0 Å². The predicted octanol–water partition coefficient (Wildman–Crippen LogP) is 2.68. The second kappa shape index (κ2) is 7.69.